The monoisotopic (exact) mass is 250 g/mol. The summed E-state index contributed by atoms with van der Waals surface area (Å²) in [6.07, 6.45) is 1.49. The van der Waals surface area contributed by atoms with Gasteiger partial charge in [-0.25, -0.2) is 9.97 Å². The lowest BCUT2D eigenvalue weighted by Crippen LogP contribution is -1.89. The molecule has 0 aliphatic heterocycles. The molecule has 82 valence electrons. The van der Waals surface area contributed by atoms with Crippen molar-refractivity contribution in [2.75, 3.05) is 0 Å². The van der Waals surface area contributed by atoms with Crippen molar-refractivity contribution in [1.29, 1.82) is 0 Å². The van der Waals surface area contributed by atoms with Crippen molar-refractivity contribution >= 4 is 23.4 Å². The minimum absolute atomic E-state index is 0.519. The molecular weight excluding hydrogens is 240 g/mol. The number of rotatable bonds is 2. The average Bonchev–Trinajstić information content (AvgIpc) is 2.25. The lowest BCUT2D eigenvalue weighted by Gasteiger charge is -2.05. The van der Waals surface area contributed by atoms with E-state index in [2.05, 4.69) is 35.1 Å². The summed E-state index contributed by atoms with van der Waals surface area (Å²) in [5.74, 6) is 0. The molecule has 1 aromatic heterocycles. The number of aryl methyl sites for hydroxylation is 1. The zero-order valence-electron chi connectivity index (χ0n) is 9.07. The van der Waals surface area contributed by atoms with Gasteiger partial charge in [0.15, 0.2) is 0 Å². The molecular formula is C12H11ClN2S. The Balaban J connectivity index is 2.31. The fourth-order valence-electron chi connectivity index (χ4n) is 1.31. The van der Waals surface area contributed by atoms with Gasteiger partial charge in [-0.15, -0.1) is 0 Å². The molecule has 0 bridgehead atoms. The number of hydrogen-bond acceptors (Lipinski definition) is 3. The third kappa shape index (κ3) is 2.54. The maximum Gasteiger partial charge on any atom is 0.136 e. The number of aromatic nitrogens is 2. The van der Waals surface area contributed by atoms with Crippen LogP contribution in [0.1, 0.15) is 11.1 Å². The molecule has 2 rings (SSSR count). The SMILES string of the molecule is Cc1cccc(Sc2ncnc(Cl)c2C)c1. The van der Waals surface area contributed by atoms with Crippen LogP contribution in [0, 0.1) is 13.8 Å². The van der Waals surface area contributed by atoms with Crippen molar-refractivity contribution in [3.8, 4) is 0 Å². The van der Waals surface area contributed by atoms with Crippen LogP contribution in [-0.4, -0.2) is 9.97 Å². The standard InChI is InChI=1S/C12H11ClN2S/c1-8-4-3-5-10(6-8)16-12-9(2)11(13)14-7-15-12/h3-7H,1-2H3. The quantitative estimate of drug-likeness (QED) is 0.756. The molecule has 0 spiro atoms. The minimum Gasteiger partial charge on any atom is -0.229 e. The largest absolute Gasteiger partial charge is 0.229 e. The molecule has 16 heavy (non-hydrogen) atoms. The Bertz CT molecular complexity index is 514. The molecule has 0 saturated carbocycles. The molecule has 0 N–H and O–H groups in total. The molecule has 0 saturated heterocycles. The molecule has 2 nitrogen and oxygen atoms in total. The van der Waals surface area contributed by atoms with Crippen LogP contribution in [0.25, 0.3) is 0 Å². The van der Waals surface area contributed by atoms with Crippen molar-refractivity contribution in [2.45, 2.75) is 23.8 Å². The second kappa shape index (κ2) is 4.85. The average molecular weight is 251 g/mol. The van der Waals surface area contributed by atoms with Gasteiger partial charge in [0.05, 0.1) is 0 Å². The molecule has 2 aromatic rings. The van der Waals surface area contributed by atoms with E-state index in [0.717, 1.165) is 15.5 Å². The van der Waals surface area contributed by atoms with Crippen LogP contribution in [-0.2, 0) is 0 Å². The highest BCUT2D eigenvalue weighted by Crippen LogP contribution is 2.30. The Hall–Kier alpha value is -1.06. The predicted molar refractivity (Wildman–Crippen MR) is 67.1 cm³/mol. The third-order valence-electron chi connectivity index (χ3n) is 2.18. The summed E-state index contributed by atoms with van der Waals surface area (Å²) in [6.45, 7) is 4.00. The molecule has 0 amide bonds. The van der Waals surface area contributed by atoms with Gasteiger partial charge in [-0.3, -0.25) is 0 Å². The van der Waals surface area contributed by atoms with Gasteiger partial charge >= 0.3 is 0 Å². The summed E-state index contributed by atoms with van der Waals surface area (Å²) < 4.78 is 0. The number of hydrogen-bond donors (Lipinski definition) is 0. The molecule has 1 aromatic carbocycles. The van der Waals surface area contributed by atoms with Gasteiger partial charge in [-0.2, -0.15) is 0 Å². The highest BCUT2D eigenvalue weighted by Gasteiger charge is 2.06. The van der Waals surface area contributed by atoms with Gasteiger partial charge in [-0.05, 0) is 26.0 Å². The fourth-order valence-corrected chi connectivity index (χ4v) is 2.46. The van der Waals surface area contributed by atoms with Crippen molar-refractivity contribution in [1.82, 2.24) is 9.97 Å². The van der Waals surface area contributed by atoms with E-state index in [0.29, 0.717) is 5.15 Å². The summed E-state index contributed by atoms with van der Waals surface area (Å²) >= 11 is 7.55. The Morgan fingerprint density at radius 1 is 1.19 bits per heavy atom. The van der Waals surface area contributed by atoms with Crippen molar-refractivity contribution in [3.63, 3.8) is 0 Å². The van der Waals surface area contributed by atoms with Crippen LogP contribution in [0.2, 0.25) is 5.15 Å². The van der Waals surface area contributed by atoms with Gasteiger partial charge in [0.2, 0.25) is 0 Å². The number of benzene rings is 1. The van der Waals surface area contributed by atoms with E-state index in [1.54, 1.807) is 11.8 Å². The first kappa shape index (κ1) is 11.4. The molecule has 0 radical (unpaired) electrons. The normalized spacial score (nSPS) is 10.4. The third-order valence-corrected chi connectivity index (χ3v) is 3.66. The lowest BCUT2D eigenvalue weighted by molar-refractivity contribution is 1.00. The van der Waals surface area contributed by atoms with E-state index in [-0.39, 0.29) is 0 Å². The van der Waals surface area contributed by atoms with Crippen LogP contribution in [0.4, 0.5) is 0 Å². The van der Waals surface area contributed by atoms with Crippen molar-refractivity contribution < 1.29 is 0 Å². The maximum atomic E-state index is 5.95. The summed E-state index contributed by atoms with van der Waals surface area (Å²) in [6, 6.07) is 8.30. The molecule has 4 heteroatoms. The first-order chi connectivity index (χ1) is 7.66. The summed E-state index contributed by atoms with van der Waals surface area (Å²) in [5.41, 5.74) is 2.17. The molecule has 1 heterocycles. The second-order valence-corrected chi connectivity index (χ2v) is 4.93. The van der Waals surface area contributed by atoms with Crippen LogP contribution in [0.3, 0.4) is 0 Å². The number of nitrogens with zero attached hydrogens (tertiary/aromatic N) is 2. The highest BCUT2D eigenvalue weighted by atomic mass is 35.5. The van der Waals surface area contributed by atoms with Crippen molar-refractivity contribution in [2.24, 2.45) is 0 Å². The highest BCUT2D eigenvalue weighted by molar-refractivity contribution is 7.99. The van der Waals surface area contributed by atoms with Gasteiger partial charge in [0.25, 0.3) is 0 Å². The Morgan fingerprint density at radius 3 is 2.75 bits per heavy atom. The Kier molecular flexibility index (Phi) is 3.46. The zero-order chi connectivity index (χ0) is 11.5. The minimum atomic E-state index is 0.519. The fraction of sp³-hybridized carbons (Fsp3) is 0.167. The molecule has 0 aliphatic rings. The molecule has 0 unspecified atom stereocenters. The molecule has 0 fully saturated rings. The topological polar surface area (TPSA) is 25.8 Å². The van der Waals surface area contributed by atoms with Crippen LogP contribution in [0.5, 0.6) is 0 Å². The Labute approximate surface area is 104 Å². The molecule has 0 atom stereocenters. The van der Waals surface area contributed by atoms with Gasteiger partial charge in [-0.1, -0.05) is 41.1 Å². The second-order valence-electron chi connectivity index (χ2n) is 3.51. The van der Waals surface area contributed by atoms with E-state index in [1.807, 2.05) is 13.0 Å². The van der Waals surface area contributed by atoms with Crippen molar-refractivity contribution in [3.05, 3.63) is 46.9 Å². The predicted octanol–water partition coefficient (Wildman–Crippen LogP) is 3.90. The van der Waals surface area contributed by atoms with Crippen LogP contribution in [0.15, 0.2) is 40.5 Å². The van der Waals surface area contributed by atoms with E-state index in [4.69, 9.17) is 11.6 Å². The smallest absolute Gasteiger partial charge is 0.136 e. The first-order valence-corrected chi connectivity index (χ1v) is 6.08. The van der Waals surface area contributed by atoms with E-state index >= 15 is 0 Å². The summed E-state index contributed by atoms with van der Waals surface area (Å²) in [7, 11) is 0. The summed E-state index contributed by atoms with van der Waals surface area (Å²) in [5, 5.41) is 1.43. The van der Waals surface area contributed by atoms with Gasteiger partial charge in [0, 0.05) is 10.5 Å². The number of halogens is 1. The first-order valence-electron chi connectivity index (χ1n) is 4.88. The van der Waals surface area contributed by atoms with Crippen LogP contribution < -0.4 is 0 Å². The van der Waals surface area contributed by atoms with Gasteiger partial charge in [0.1, 0.15) is 16.5 Å². The summed E-state index contributed by atoms with van der Waals surface area (Å²) in [4.78, 5) is 9.34. The lowest BCUT2D eigenvalue weighted by atomic mass is 10.2. The zero-order valence-corrected chi connectivity index (χ0v) is 10.6. The van der Waals surface area contributed by atoms with E-state index in [9.17, 15) is 0 Å². The Morgan fingerprint density at radius 2 is 2.00 bits per heavy atom. The van der Waals surface area contributed by atoms with E-state index < -0.39 is 0 Å². The van der Waals surface area contributed by atoms with Crippen LogP contribution >= 0.6 is 23.4 Å². The maximum absolute atomic E-state index is 5.95. The van der Waals surface area contributed by atoms with Gasteiger partial charge < -0.3 is 0 Å². The van der Waals surface area contributed by atoms with E-state index in [1.165, 1.54) is 11.9 Å². The molecule has 0 aliphatic carbocycles.